The molecular weight excluding hydrogens is 445 g/mol. The molecule has 2 fully saturated rings. The summed E-state index contributed by atoms with van der Waals surface area (Å²) < 4.78 is 21.1. The number of nitrogens with zero attached hydrogens (tertiary/aromatic N) is 5. The van der Waals surface area contributed by atoms with Crippen molar-refractivity contribution in [3.63, 3.8) is 0 Å². The van der Waals surface area contributed by atoms with Crippen molar-refractivity contribution in [1.29, 1.82) is 0 Å². The fraction of sp³-hybridized carbons (Fsp3) is 0.654. The van der Waals surface area contributed by atoms with Crippen LogP contribution in [0.4, 0.5) is 27.9 Å². The zero-order valence-corrected chi connectivity index (χ0v) is 21.6. The molecule has 1 unspecified atom stereocenters. The van der Waals surface area contributed by atoms with Crippen molar-refractivity contribution < 1.29 is 9.13 Å². The number of benzene rings is 1. The number of rotatable bonds is 7. The minimum atomic E-state index is -0.382. The first-order valence-corrected chi connectivity index (χ1v) is 13.1. The van der Waals surface area contributed by atoms with Crippen LogP contribution in [0.25, 0.3) is 0 Å². The lowest BCUT2D eigenvalue weighted by Gasteiger charge is -2.42. The summed E-state index contributed by atoms with van der Waals surface area (Å²) in [6.45, 7) is 5.71. The third kappa shape index (κ3) is 6.01. The van der Waals surface area contributed by atoms with Crippen LogP contribution in [0.3, 0.4) is 0 Å². The van der Waals surface area contributed by atoms with Gasteiger partial charge in [-0.25, -0.2) is 8.87 Å². The van der Waals surface area contributed by atoms with Crippen molar-refractivity contribution in [3.05, 3.63) is 24.0 Å². The number of piperidine rings is 1. The lowest BCUT2D eigenvalue weighted by atomic mass is 10.00. The van der Waals surface area contributed by atoms with E-state index in [0.29, 0.717) is 17.9 Å². The van der Waals surface area contributed by atoms with Crippen molar-refractivity contribution in [1.82, 2.24) is 24.3 Å². The van der Waals surface area contributed by atoms with E-state index in [1.165, 1.54) is 25.7 Å². The highest BCUT2D eigenvalue weighted by Gasteiger charge is 2.43. The van der Waals surface area contributed by atoms with Crippen LogP contribution >= 0.6 is 0 Å². The number of anilines is 2. The molecule has 3 N–H and O–H groups in total. The van der Waals surface area contributed by atoms with Gasteiger partial charge in [-0.1, -0.05) is 25.7 Å². The van der Waals surface area contributed by atoms with E-state index >= 15 is 4.39 Å². The van der Waals surface area contributed by atoms with Crippen LogP contribution < -0.4 is 20.3 Å². The Kier molecular flexibility index (Phi) is 8.06. The first-order chi connectivity index (χ1) is 16.8. The predicted octanol–water partition coefficient (Wildman–Crippen LogP) is 4.88. The highest BCUT2D eigenvalue weighted by molar-refractivity contribution is 5.56. The Morgan fingerprint density at radius 1 is 1.06 bits per heavy atom. The molecule has 1 saturated heterocycles. The molecule has 1 saturated carbocycles. The van der Waals surface area contributed by atoms with E-state index in [9.17, 15) is 0 Å². The maximum atomic E-state index is 15.2. The van der Waals surface area contributed by atoms with Gasteiger partial charge < -0.3 is 20.7 Å². The molecule has 2 heterocycles. The van der Waals surface area contributed by atoms with Crippen LogP contribution in [-0.4, -0.2) is 65.2 Å². The molecular formula is C26H41FN7O+. The van der Waals surface area contributed by atoms with Gasteiger partial charge in [0.05, 0.1) is 13.2 Å². The Hall–Kier alpha value is -2.52. The fourth-order valence-corrected chi connectivity index (χ4v) is 5.39. The molecule has 192 valence electrons. The Balaban J connectivity index is 1.72. The van der Waals surface area contributed by atoms with Gasteiger partial charge in [0.2, 0.25) is 11.9 Å². The number of aromatic nitrogens is 3. The van der Waals surface area contributed by atoms with E-state index in [1.807, 2.05) is 19.9 Å². The molecule has 1 aromatic carbocycles. The van der Waals surface area contributed by atoms with Crippen LogP contribution in [0.2, 0.25) is 0 Å². The minimum Gasteiger partial charge on any atom is -0.488 e. The SMILES string of the molecule is CC(C)Oc1ccc([N+](C)(c2nc(N)nc(NC3CCCCCC3)n2)C2CCN(C)CC2)cc1F. The summed E-state index contributed by atoms with van der Waals surface area (Å²) in [5, 5.41) is 3.52. The summed E-state index contributed by atoms with van der Waals surface area (Å²) in [5.41, 5.74) is 6.99. The summed E-state index contributed by atoms with van der Waals surface area (Å²) in [6.07, 6.45) is 8.94. The molecule has 0 bridgehead atoms. The van der Waals surface area contributed by atoms with Gasteiger partial charge in [0.15, 0.2) is 11.6 Å². The lowest BCUT2D eigenvalue weighted by molar-refractivity contribution is 0.179. The van der Waals surface area contributed by atoms with Gasteiger partial charge in [-0.3, -0.25) is 0 Å². The first-order valence-electron chi connectivity index (χ1n) is 13.1. The predicted molar refractivity (Wildman–Crippen MR) is 139 cm³/mol. The molecule has 1 atom stereocenters. The van der Waals surface area contributed by atoms with Gasteiger partial charge in [-0.15, -0.1) is 9.97 Å². The molecule has 8 nitrogen and oxygen atoms in total. The van der Waals surface area contributed by atoms with Crippen molar-refractivity contribution in [2.75, 3.05) is 38.2 Å². The van der Waals surface area contributed by atoms with E-state index in [4.69, 9.17) is 15.5 Å². The summed E-state index contributed by atoms with van der Waals surface area (Å²) in [6, 6.07) is 5.71. The third-order valence-electron chi connectivity index (χ3n) is 7.48. The van der Waals surface area contributed by atoms with Crippen molar-refractivity contribution in [2.24, 2.45) is 0 Å². The Morgan fingerprint density at radius 3 is 2.37 bits per heavy atom. The molecule has 0 amide bonds. The average Bonchev–Trinajstić information content (AvgIpc) is 3.08. The summed E-state index contributed by atoms with van der Waals surface area (Å²) in [5.74, 6) is 1.11. The summed E-state index contributed by atoms with van der Waals surface area (Å²) in [4.78, 5) is 16.2. The lowest BCUT2D eigenvalue weighted by Crippen LogP contribution is -2.54. The van der Waals surface area contributed by atoms with Crippen LogP contribution in [0.5, 0.6) is 5.75 Å². The summed E-state index contributed by atoms with van der Waals surface area (Å²) in [7, 11) is 4.20. The highest BCUT2D eigenvalue weighted by Crippen LogP contribution is 2.39. The van der Waals surface area contributed by atoms with Gasteiger partial charge >= 0.3 is 5.95 Å². The van der Waals surface area contributed by atoms with E-state index in [2.05, 4.69) is 34.3 Å². The molecule has 0 spiro atoms. The number of nitrogen functional groups attached to an aromatic ring is 1. The molecule has 9 heteroatoms. The van der Waals surface area contributed by atoms with E-state index in [-0.39, 0.29) is 34.1 Å². The number of likely N-dealkylation sites (tertiary alicyclic amines) is 1. The van der Waals surface area contributed by atoms with E-state index in [1.54, 1.807) is 12.1 Å². The molecule has 35 heavy (non-hydrogen) atoms. The van der Waals surface area contributed by atoms with Crippen molar-refractivity contribution in [2.45, 2.75) is 83.4 Å². The topological polar surface area (TPSA) is 89.2 Å². The number of quaternary nitrogens is 1. The van der Waals surface area contributed by atoms with Crippen LogP contribution in [-0.2, 0) is 0 Å². The number of hydrogen-bond acceptors (Lipinski definition) is 7. The number of ether oxygens (including phenoxy) is 1. The molecule has 4 rings (SSSR count). The highest BCUT2D eigenvalue weighted by atomic mass is 19.1. The number of halogens is 1. The monoisotopic (exact) mass is 486 g/mol. The third-order valence-corrected chi connectivity index (χ3v) is 7.48. The molecule has 1 aliphatic carbocycles. The fourth-order valence-electron chi connectivity index (χ4n) is 5.39. The van der Waals surface area contributed by atoms with E-state index in [0.717, 1.165) is 44.5 Å². The standard InChI is InChI=1S/C26H41FN7O/c1-18(2)35-23-12-11-21(17-22(23)27)34(4,20-13-15-33(3)16-14-20)26-31-24(28)30-25(32-26)29-19-9-7-5-6-8-10-19/h11-12,17-20H,5-10,13-16H2,1-4H3,(H3,28,29,30,31,32)/q+1. The Bertz CT molecular complexity index is 988. The largest absolute Gasteiger partial charge is 0.488 e. The zero-order chi connectivity index (χ0) is 25.0. The molecule has 1 aromatic heterocycles. The number of hydrogen-bond donors (Lipinski definition) is 2. The summed E-state index contributed by atoms with van der Waals surface area (Å²) >= 11 is 0. The molecule has 0 radical (unpaired) electrons. The van der Waals surface area contributed by atoms with Gasteiger partial charge in [-0.05, 0) is 39.8 Å². The Labute approximate surface area is 208 Å². The van der Waals surface area contributed by atoms with Gasteiger partial charge in [0.25, 0.3) is 0 Å². The van der Waals surface area contributed by atoms with Gasteiger partial charge in [0, 0.05) is 44.1 Å². The van der Waals surface area contributed by atoms with Crippen LogP contribution in [0.15, 0.2) is 18.2 Å². The number of nitrogens with two attached hydrogens (primary N) is 1. The quantitative estimate of drug-likeness (QED) is 0.426. The van der Waals surface area contributed by atoms with Crippen molar-refractivity contribution in [3.8, 4) is 5.75 Å². The minimum absolute atomic E-state index is 0.106. The second-order valence-corrected chi connectivity index (χ2v) is 10.5. The molecule has 1 aliphatic heterocycles. The van der Waals surface area contributed by atoms with Gasteiger partial charge in [0.1, 0.15) is 11.7 Å². The first kappa shape index (κ1) is 25.6. The molecule has 2 aromatic rings. The van der Waals surface area contributed by atoms with E-state index < -0.39 is 0 Å². The average molecular weight is 487 g/mol. The van der Waals surface area contributed by atoms with Crippen LogP contribution in [0.1, 0.15) is 65.2 Å². The maximum Gasteiger partial charge on any atom is 0.340 e. The zero-order valence-electron chi connectivity index (χ0n) is 21.6. The number of nitrogens with one attached hydrogen (secondary N) is 1. The van der Waals surface area contributed by atoms with Gasteiger partial charge in [-0.2, -0.15) is 4.98 Å². The van der Waals surface area contributed by atoms with Crippen LogP contribution in [0, 0.1) is 5.82 Å². The Morgan fingerprint density at radius 2 is 1.74 bits per heavy atom. The smallest absolute Gasteiger partial charge is 0.340 e. The second-order valence-electron chi connectivity index (χ2n) is 10.5. The maximum absolute atomic E-state index is 15.2. The molecule has 2 aliphatic rings. The normalized spacial score (nSPS) is 20.4. The second kappa shape index (κ2) is 11.0. The van der Waals surface area contributed by atoms with Crippen molar-refractivity contribution >= 4 is 23.5 Å².